The first-order valence-electron chi connectivity index (χ1n) is 7.32. The minimum atomic E-state index is 0.458. The Labute approximate surface area is 119 Å². The second kappa shape index (κ2) is 4.69. The van der Waals surface area contributed by atoms with Crippen molar-refractivity contribution in [3.63, 3.8) is 0 Å². The smallest absolute Gasteiger partial charge is 0.201 e. The Balaban J connectivity index is 2.02. The van der Waals surface area contributed by atoms with Gasteiger partial charge in [-0.2, -0.15) is 0 Å². The molecule has 1 heterocycles. The van der Waals surface area contributed by atoms with E-state index in [9.17, 15) is 0 Å². The Kier molecular flexibility index (Phi) is 3.11. The highest BCUT2D eigenvalue weighted by Crippen LogP contribution is 2.42. The Morgan fingerprint density at radius 3 is 2.65 bits per heavy atom. The number of hydrogen-bond acceptors (Lipinski definition) is 3. The number of methoxy groups -OCH3 is 1. The molecular weight excluding hydrogens is 250 g/mol. The average molecular weight is 273 g/mol. The summed E-state index contributed by atoms with van der Waals surface area (Å²) in [5.74, 6) is 1.40. The molecule has 1 saturated carbocycles. The molecule has 0 radical (unpaired) electrons. The van der Waals surface area contributed by atoms with Crippen LogP contribution in [0.25, 0.3) is 11.0 Å². The molecular formula is C16H23N3O. The third-order valence-corrected chi connectivity index (χ3v) is 4.60. The van der Waals surface area contributed by atoms with Crippen molar-refractivity contribution >= 4 is 17.0 Å². The first-order valence-corrected chi connectivity index (χ1v) is 7.32. The molecule has 0 atom stereocenters. The van der Waals surface area contributed by atoms with Gasteiger partial charge in [-0.1, -0.05) is 19.9 Å². The van der Waals surface area contributed by atoms with Crippen LogP contribution in [0, 0.1) is 5.41 Å². The molecule has 1 aromatic heterocycles. The van der Waals surface area contributed by atoms with Crippen LogP contribution in [0.1, 0.15) is 45.6 Å². The Hall–Kier alpha value is -1.71. The minimum absolute atomic E-state index is 0.458. The fourth-order valence-corrected chi connectivity index (χ4v) is 3.30. The second-order valence-electron chi connectivity index (χ2n) is 6.56. The molecule has 1 aliphatic carbocycles. The molecule has 1 fully saturated rings. The van der Waals surface area contributed by atoms with E-state index in [1.165, 1.54) is 25.7 Å². The standard InChI is InChI=1S/C16H23N3O/c1-16(2)9-7-11(8-10-16)19-12-5-4-6-13(20-3)14(12)18-15(19)17/h4-6,11H,7-10H2,1-3H3,(H2,17,18). The topological polar surface area (TPSA) is 53.1 Å². The van der Waals surface area contributed by atoms with Gasteiger partial charge >= 0.3 is 0 Å². The van der Waals surface area contributed by atoms with Crippen LogP contribution >= 0.6 is 0 Å². The van der Waals surface area contributed by atoms with Gasteiger partial charge in [0.25, 0.3) is 0 Å². The van der Waals surface area contributed by atoms with Gasteiger partial charge in [-0.15, -0.1) is 0 Å². The quantitative estimate of drug-likeness (QED) is 0.906. The molecule has 0 amide bonds. The second-order valence-corrected chi connectivity index (χ2v) is 6.56. The summed E-state index contributed by atoms with van der Waals surface area (Å²) >= 11 is 0. The molecule has 2 aromatic rings. The lowest BCUT2D eigenvalue weighted by molar-refractivity contribution is 0.197. The summed E-state index contributed by atoms with van der Waals surface area (Å²) in [6, 6.07) is 6.48. The molecule has 0 aliphatic heterocycles. The zero-order valence-electron chi connectivity index (χ0n) is 12.5. The predicted octanol–water partition coefficient (Wildman–Crippen LogP) is 3.77. The first kappa shape index (κ1) is 13.3. The lowest BCUT2D eigenvalue weighted by Crippen LogP contribution is -2.24. The molecule has 108 valence electrons. The van der Waals surface area contributed by atoms with Crippen molar-refractivity contribution in [2.75, 3.05) is 12.8 Å². The molecule has 1 aliphatic rings. The van der Waals surface area contributed by atoms with E-state index >= 15 is 0 Å². The Morgan fingerprint density at radius 2 is 2.00 bits per heavy atom. The summed E-state index contributed by atoms with van der Waals surface area (Å²) in [4.78, 5) is 4.51. The highest BCUT2D eigenvalue weighted by molar-refractivity contribution is 5.84. The van der Waals surface area contributed by atoms with Crippen LogP contribution in [0.2, 0.25) is 0 Å². The molecule has 20 heavy (non-hydrogen) atoms. The fraction of sp³-hybridized carbons (Fsp3) is 0.562. The van der Waals surface area contributed by atoms with Crippen molar-refractivity contribution in [2.45, 2.75) is 45.6 Å². The number of fused-ring (bicyclic) bond motifs is 1. The van der Waals surface area contributed by atoms with E-state index < -0.39 is 0 Å². The Bertz CT molecular complexity index is 620. The van der Waals surface area contributed by atoms with E-state index in [1.807, 2.05) is 12.1 Å². The van der Waals surface area contributed by atoms with Gasteiger partial charge in [-0.25, -0.2) is 4.98 Å². The molecule has 2 N–H and O–H groups in total. The monoisotopic (exact) mass is 273 g/mol. The van der Waals surface area contributed by atoms with Crippen molar-refractivity contribution in [3.8, 4) is 5.75 Å². The first-order chi connectivity index (χ1) is 9.52. The van der Waals surface area contributed by atoms with Crippen LogP contribution < -0.4 is 10.5 Å². The van der Waals surface area contributed by atoms with Gasteiger partial charge in [0.05, 0.1) is 12.6 Å². The van der Waals surface area contributed by atoms with Gasteiger partial charge in [-0.05, 0) is 43.2 Å². The maximum absolute atomic E-state index is 6.17. The number of nitrogens with zero attached hydrogens (tertiary/aromatic N) is 2. The van der Waals surface area contributed by atoms with Crippen LogP contribution in [-0.2, 0) is 0 Å². The molecule has 4 heteroatoms. The lowest BCUT2D eigenvalue weighted by atomic mass is 9.75. The van der Waals surface area contributed by atoms with Gasteiger partial charge < -0.3 is 15.0 Å². The number of aromatic nitrogens is 2. The minimum Gasteiger partial charge on any atom is -0.494 e. The molecule has 3 rings (SSSR count). The molecule has 0 spiro atoms. The highest BCUT2D eigenvalue weighted by Gasteiger charge is 2.29. The van der Waals surface area contributed by atoms with E-state index in [4.69, 9.17) is 10.5 Å². The van der Waals surface area contributed by atoms with Gasteiger partial charge in [0.1, 0.15) is 11.3 Å². The van der Waals surface area contributed by atoms with E-state index in [0.717, 1.165) is 16.8 Å². The number of nitrogen functional groups attached to an aromatic ring is 1. The van der Waals surface area contributed by atoms with E-state index in [2.05, 4.69) is 29.5 Å². The SMILES string of the molecule is COc1cccc2c1nc(N)n2C1CCC(C)(C)CC1. The largest absolute Gasteiger partial charge is 0.494 e. The van der Waals surface area contributed by atoms with Crippen molar-refractivity contribution < 1.29 is 4.74 Å². The summed E-state index contributed by atoms with van der Waals surface area (Å²) in [7, 11) is 1.67. The summed E-state index contributed by atoms with van der Waals surface area (Å²) in [5.41, 5.74) is 8.59. The molecule has 0 bridgehead atoms. The van der Waals surface area contributed by atoms with Crippen molar-refractivity contribution in [1.29, 1.82) is 0 Å². The van der Waals surface area contributed by atoms with Crippen molar-refractivity contribution in [2.24, 2.45) is 5.41 Å². The van der Waals surface area contributed by atoms with Gasteiger partial charge in [-0.3, -0.25) is 0 Å². The van der Waals surface area contributed by atoms with Crippen LogP contribution in [0.3, 0.4) is 0 Å². The summed E-state index contributed by atoms with van der Waals surface area (Å²) in [6.07, 6.45) is 4.81. The number of rotatable bonds is 2. The van der Waals surface area contributed by atoms with Crippen molar-refractivity contribution in [1.82, 2.24) is 9.55 Å². The van der Waals surface area contributed by atoms with E-state index in [0.29, 0.717) is 17.4 Å². The third-order valence-electron chi connectivity index (χ3n) is 4.60. The number of para-hydroxylation sites is 1. The zero-order valence-corrected chi connectivity index (χ0v) is 12.5. The number of anilines is 1. The third kappa shape index (κ3) is 2.13. The summed E-state index contributed by atoms with van der Waals surface area (Å²) in [5, 5.41) is 0. The summed E-state index contributed by atoms with van der Waals surface area (Å²) in [6.45, 7) is 4.70. The van der Waals surface area contributed by atoms with E-state index in [1.54, 1.807) is 7.11 Å². The Morgan fingerprint density at radius 1 is 1.30 bits per heavy atom. The van der Waals surface area contributed by atoms with Crippen molar-refractivity contribution in [3.05, 3.63) is 18.2 Å². The van der Waals surface area contributed by atoms with Gasteiger partial charge in [0, 0.05) is 6.04 Å². The van der Waals surface area contributed by atoms with Crippen LogP contribution in [0.15, 0.2) is 18.2 Å². The van der Waals surface area contributed by atoms with Gasteiger partial charge in [0.15, 0.2) is 0 Å². The zero-order chi connectivity index (χ0) is 14.3. The highest BCUT2D eigenvalue weighted by atomic mass is 16.5. The number of benzene rings is 1. The average Bonchev–Trinajstić information content (AvgIpc) is 2.75. The maximum atomic E-state index is 6.17. The van der Waals surface area contributed by atoms with Crippen LogP contribution in [0.4, 0.5) is 5.95 Å². The number of imidazole rings is 1. The number of nitrogens with two attached hydrogens (primary N) is 1. The van der Waals surface area contributed by atoms with E-state index in [-0.39, 0.29) is 0 Å². The molecule has 1 aromatic carbocycles. The molecule has 0 unspecified atom stereocenters. The maximum Gasteiger partial charge on any atom is 0.201 e. The lowest BCUT2D eigenvalue weighted by Gasteiger charge is -2.35. The fourth-order valence-electron chi connectivity index (χ4n) is 3.30. The predicted molar refractivity (Wildman–Crippen MR) is 82.0 cm³/mol. The molecule has 4 nitrogen and oxygen atoms in total. The number of ether oxygens (including phenoxy) is 1. The van der Waals surface area contributed by atoms with Gasteiger partial charge in [0.2, 0.25) is 5.95 Å². The molecule has 0 saturated heterocycles. The summed E-state index contributed by atoms with van der Waals surface area (Å²) < 4.78 is 7.59. The van der Waals surface area contributed by atoms with Crippen LogP contribution in [-0.4, -0.2) is 16.7 Å². The normalized spacial score (nSPS) is 19.4. The number of hydrogen-bond donors (Lipinski definition) is 1. The van der Waals surface area contributed by atoms with Crippen LogP contribution in [0.5, 0.6) is 5.75 Å².